The molecule has 7 heteroatoms. The number of halogens is 1. The van der Waals surface area contributed by atoms with E-state index in [-0.39, 0.29) is 36.5 Å². The summed E-state index contributed by atoms with van der Waals surface area (Å²) in [7, 11) is 0. The predicted octanol–water partition coefficient (Wildman–Crippen LogP) is 4.22. The summed E-state index contributed by atoms with van der Waals surface area (Å²) in [6.07, 6.45) is 1.37. The average Bonchev–Trinajstić information content (AvgIpc) is 3.34. The zero-order chi connectivity index (χ0) is 23.7. The van der Waals surface area contributed by atoms with Crippen LogP contribution in [0.1, 0.15) is 32.3 Å². The Hall–Kier alpha value is -4.26. The Morgan fingerprint density at radius 3 is 2.29 bits per heavy atom. The van der Waals surface area contributed by atoms with E-state index >= 15 is 0 Å². The van der Waals surface area contributed by atoms with Crippen LogP contribution in [0.5, 0.6) is 0 Å². The summed E-state index contributed by atoms with van der Waals surface area (Å²) in [6, 6.07) is 22.5. The van der Waals surface area contributed by atoms with Crippen molar-refractivity contribution < 1.29 is 18.8 Å². The molecule has 1 aliphatic rings. The first kappa shape index (κ1) is 21.6. The summed E-state index contributed by atoms with van der Waals surface area (Å²) in [5, 5.41) is 0.110. The monoisotopic (exact) mass is 455 g/mol. The Bertz CT molecular complexity index is 1370. The van der Waals surface area contributed by atoms with Gasteiger partial charge in [-0.1, -0.05) is 54.6 Å². The maximum absolute atomic E-state index is 14.4. The normalized spacial score (nSPS) is 16.0. The smallest absolute Gasteiger partial charge is 0.295 e. The highest BCUT2D eigenvalue weighted by molar-refractivity contribution is 6.44. The van der Waals surface area contributed by atoms with Gasteiger partial charge in [0, 0.05) is 42.3 Å². The van der Waals surface area contributed by atoms with Gasteiger partial charge in [-0.05, 0) is 29.8 Å². The number of hydrogen-bond acceptors (Lipinski definition) is 3. The predicted molar refractivity (Wildman–Crippen MR) is 126 cm³/mol. The van der Waals surface area contributed by atoms with Crippen molar-refractivity contribution >= 4 is 28.5 Å². The van der Waals surface area contributed by atoms with E-state index in [2.05, 4.69) is 4.98 Å². The second-order valence-electron chi connectivity index (χ2n) is 8.24. The Balaban J connectivity index is 1.43. The molecule has 34 heavy (non-hydrogen) atoms. The number of aromatic amines is 1. The molecule has 1 N–H and O–H groups in total. The number of nitrogens with one attached hydrogen (secondary N) is 1. The number of ketones is 1. The minimum absolute atomic E-state index is 0.0113. The third-order valence-electron chi connectivity index (χ3n) is 6.23. The van der Waals surface area contributed by atoms with E-state index in [1.807, 2.05) is 48.5 Å². The fraction of sp³-hybridized carbons (Fsp3) is 0.148. The van der Waals surface area contributed by atoms with Gasteiger partial charge >= 0.3 is 0 Å². The highest BCUT2D eigenvalue weighted by Crippen LogP contribution is 2.28. The molecule has 170 valence electrons. The molecule has 1 unspecified atom stereocenters. The van der Waals surface area contributed by atoms with Crippen LogP contribution in [-0.4, -0.2) is 52.0 Å². The molecule has 1 atom stereocenters. The van der Waals surface area contributed by atoms with E-state index in [9.17, 15) is 18.8 Å². The number of benzene rings is 3. The number of aromatic nitrogens is 1. The highest BCUT2D eigenvalue weighted by Gasteiger charge is 2.36. The molecule has 2 heterocycles. The largest absolute Gasteiger partial charge is 0.360 e. The Kier molecular flexibility index (Phi) is 5.67. The number of H-pyrrole nitrogens is 1. The van der Waals surface area contributed by atoms with Crippen LogP contribution < -0.4 is 0 Å². The molecule has 0 spiro atoms. The van der Waals surface area contributed by atoms with Crippen LogP contribution in [0.3, 0.4) is 0 Å². The molecule has 1 aliphatic heterocycles. The summed E-state index contributed by atoms with van der Waals surface area (Å²) >= 11 is 0. The zero-order valence-electron chi connectivity index (χ0n) is 18.3. The lowest BCUT2D eigenvalue weighted by Gasteiger charge is -2.41. The molecule has 4 aromatic rings. The molecule has 0 radical (unpaired) electrons. The van der Waals surface area contributed by atoms with Crippen LogP contribution >= 0.6 is 0 Å². The molecule has 1 fully saturated rings. The molecular formula is C27H22FN3O3. The lowest BCUT2D eigenvalue weighted by molar-refractivity contribution is -0.129. The second-order valence-corrected chi connectivity index (χ2v) is 8.24. The number of Topliss-reactive ketones (excluding diaryl/α,β-unsaturated/α-hetero) is 1. The number of piperazine rings is 1. The fourth-order valence-corrected chi connectivity index (χ4v) is 4.50. The van der Waals surface area contributed by atoms with Crippen molar-refractivity contribution in [2.75, 3.05) is 19.6 Å². The van der Waals surface area contributed by atoms with Crippen molar-refractivity contribution in [1.29, 1.82) is 0 Å². The van der Waals surface area contributed by atoms with Crippen LogP contribution in [0.4, 0.5) is 4.39 Å². The molecule has 2 amide bonds. The van der Waals surface area contributed by atoms with E-state index in [0.29, 0.717) is 11.1 Å². The first-order chi connectivity index (χ1) is 16.5. The Morgan fingerprint density at radius 1 is 0.853 bits per heavy atom. The molecule has 3 aromatic carbocycles. The highest BCUT2D eigenvalue weighted by atomic mass is 19.1. The lowest BCUT2D eigenvalue weighted by Crippen LogP contribution is -2.53. The van der Waals surface area contributed by atoms with E-state index in [4.69, 9.17) is 0 Å². The quantitative estimate of drug-likeness (QED) is 0.370. The first-order valence-corrected chi connectivity index (χ1v) is 11.0. The molecule has 5 rings (SSSR count). The maximum atomic E-state index is 14.4. The van der Waals surface area contributed by atoms with Crippen LogP contribution in [-0.2, 0) is 4.79 Å². The van der Waals surface area contributed by atoms with Crippen molar-refractivity contribution in [3.63, 3.8) is 0 Å². The first-order valence-electron chi connectivity index (χ1n) is 11.0. The topological polar surface area (TPSA) is 73.5 Å². The Labute approximate surface area is 195 Å². The summed E-state index contributed by atoms with van der Waals surface area (Å²) in [5.74, 6) is -2.18. The fourth-order valence-electron chi connectivity index (χ4n) is 4.50. The van der Waals surface area contributed by atoms with E-state index in [1.165, 1.54) is 23.2 Å². The van der Waals surface area contributed by atoms with Gasteiger partial charge in [0.1, 0.15) is 5.82 Å². The number of fused-ring (bicyclic) bond motifs is 1. The molecular weight excluding hydrogens is 433 g/mol. The van der Waals surface area contributed by atoms with E-state index in [0.717, 1.165) is 5.56 Å². The van der Waals surface area contributed by atoms with Crippen LogP contribution in [0.25, 0.3) is 10.9 Å². The molecule has 1 aromatic heterocycles. The van der Waals surface area contributed by atoms with Gasteiger partial charge in [-0.3, -0.25) is 14.4 Å². The van der Waals surface area contributed by atoms with Gasteiger partial charge in [0.15, 0.2) is 0 Å². The van der Waals surface area contributed by atoms with Crippen molar-refractivity contribution in [2.24, 2.45) is 0 Å². The van der Waals surface area contributed by atoms with Crippen molar-refractivity contribution in [1.82, 2.24) is 14.8 Å². The third kappa shape index (κ3) is 3.85. The standard InChI is InChI=1S/C27H22FN3O3/c28-21-12-7-13-22-24(21)20(16-29-22)25(32)27(34)30-14-15-31(26(33)19-10-5-2-6-11-19)23(17-30)18-8-3-1-4-9-18/h1-13,16,23,29H,14-15,17H2. The van der Waals surface area contributed by atoms with Gasteiger partial charge in [-0.2, -0.15) is 0 Å². The van der Waals surface area contributed by atoms with Crippen molar-refractivity contribution in [3.05, 3.63) is 108 Å². The lowest BCUT2D eigenvalue weighted by atomic mass is 10.00. The Morgan fingerprint density at radius 2 is 1.56 bits per heavy atom. The van der Waals surface area contributed by atoms with Crippen LogP contribution in [0, 0.1) is 5.82 Å². The minimum Gasteiger partial charge on any atom is -0.360 e. The van der Waals surface area contributed by atoms with Gasteiger partial charge in [0.2, 0.25) is 0 Å². The van der Waals surface area contributed by atoms with Crippen molar-refractivity contribution in [2.45, 2.75) is 6.04 Å². The molecule has 6 nitrogen and oxygen atoms in total. The summed E-state index contributed by atoms with van der Waals surface area (Å²) in [4.78, 5) is 45.6. The van der Waals surface area contributed by atoms with Crippen LogP contribution in [0.2, 0.25) is 0 Å². The molecule has 0 saturated carbocycles. The van der Waals surface area contributed by atoms with Gasteiger partial charge in [-0.25, -0.2) is 4.39 Å². The minimum atomic E-state index is -0.772. The van der Waals surface area contributed by atoms with Crippen molar-refractivity contribution in [3.8, 4) is 0 Å². The summed E-state index contributed by atoms with van der Waals surface area (Å²) in [5.41, 5.74) is 1.90. The van der Waals surface area contributed by atoms with Crippen LogP contribution in [0.15, 0.2) is 85.1 Å². The molecule has 1 saturated heterocycles. The average molecular weight is 455 g/mol. The molecule has 0 bridgehead atoms. The van der Waals surface area contributed by atoms with Gasteiger partial charge < -0.3 is 14.8 Å². The van der Waals surface area contributed by atoms with E-state index in [1.54, 1.807) is 23.1 Å². The number of carbonyl (C=O) groups is 3. The number of rotatable bonds is 4. The van der Waals surface area contributed by atoms with E-state index < -0.39 is 23.5 Å². The van der Waals surface area contributed by atoms with Gasteiger partial charge in [0.25, 0.3) is 17.6 Å². The number of carbonyl (C=O) groups excluding carboxylic acids is 3. The zero-order valence-corrected chi connectivity index (χ0v) is 18.3. The molecule has 0 aliphatic carbocycles. The summed E-state index contributed by atoms with van der Waals surface area (Å²) in [6.45, 7) is 0.643. The number of hydrogen-bond donors (Lipinski definition) is 1. The second kappa shape index (κ2) is 8.94. The van der Waals surface area contributed by atoms with Gasteiger partial charge in [-0.15, -0.1) is 0 Å². The number of amides is 2. The van der Waals surface area contributed by atoms with Gasteiger partial charge in [0.05, 0.1) is 11.6 Å². The maximum Gasteiger partial charge on any atom is 0.295 e. The third-order valence-corrected chi connectivity index (χ3v) is 6.23. The summed E-state index contributed by atoms with van der Waals surface area (Å²) < 4.78 is 14.4. The number of nitrogens with zero attached hydrogens (tertiary/aromatic N) is 2. The SMILES string of the molecule is O=C(C(=O)N1CCN(C(=O)c2ccccc2)C(c2ccccc2)C1)c1c[nH]c2cccc(F)c12.